The fourth-order valence-electron chi connectivity index (χ4n) is 2.72. The van der Waals surface area contributed by atoms with Crippen molar-refractivity contribution in [2.24, 2.45) is 0 Å². The van der Waals surface area contributed by atoms with Gasteiger partial charge in [0.2, 0.25) is 0 Å². The summed E-state index contributed by atoms with van der Waals surface area (Å²) in [7, 11) is -2.60. The minimum Gasteiger partial charge on any atom is -0.457 e. The standard InChI is InChI=1S/C21H43NO6Si2/c1-15(23)26-17(14-25-29(9,10)20(2,3)4)19(16-13-18(24)27-22(16)8)28-30(11,12)21(5,6)7/h16-17,19H,13-14H2,1-12H3/t16-,17+,19-/m0/s1. The fourth-order valence-corrected chi connectivity index (χ4v) is 5.08. The van der Waals surface area contributed by atoms with Crippen molar-refractivity contribution in [2.45, 2.75) is 109 Å². The number of esters is 1. The minimum absolute atomic E-state index is 0.0206. The summed E-state index contributed by atoms with van der Waals surface area (Å²) in [6, 6.07) is -0.348. The molecule has 0 aromatic carbocycles. The van der Waals surface area contributed by atoms with E-state index in [-0.39, 0.29) is 35.1 Å². The molecule has 1 aliphatic heterocycles. The third-order valence-electron chi connectivity index (χ3n) is 6.80. The van der Waals surface area contributed by atoms with Crippen LogP contribution in [0.5, 0.6) is 0 Å². The highest BCUT2D eigenvalue weighted by molar-refractivity contribution is 6.74. The van der Waals surface area contributed by atoms with Gasteiger partial charge in [0, 0.05) is 14.0 Å². The SMILES string of the molecule is CC(=O)O[C@H](CO[Si](C)(C)C(C)(C)C)[C@@H](O[Si](C)(C)C(C)(C)C)[C@@H]1CC(=O)ON1C. The number of likely N-dealkylation sites (N-methyl/N-ethyl adjacent to an activating group) is 1. The van der Waals surface area contributed by atoms with Gasteiger partial charge >= 0.3 is 11.9 Å². The van der Waals surface area contributed by atoms with Gasteiger partial charge in [-0.15, -0.1) is 5.06 Å². The van der Waals surface area contributed by atoms with Crippen LogP contribution in [0.15, 0.2) is 0 Å². The second-order valence-corrected chi connectivity index (χ2v) is 20.9. The maximum Gasteiger partial charge on any atom is 0.326 e. The van der Waals surface area contributed by atoms with E-state index in [0.29, 0.717) is 0 Å². The van der Waals surface area contributed by atoms with E-state index in [9.17, 15) is 9.59 Å². The van der Waals surface area contributed by atoms with Crippen LogP contribution in [0.3, 0.4) is 0 Å². The predicted molar refractivity (Wildman–Crippen MR) is 123 cm³/mol. The van der Waals surface area contributed by atoms with Crippen molar-refractivity contribution in [3.8, 4) is 0 Å². The van der Waals surface area contributed by atoms with E-state index < -0.39 is 34.8 Å². The Balaban J connectivity index is 3.28. The van der Waals surface area contributed by atoms with Crippen LogP contribution in [-0.2, 0) is 28.0 Å². The van der Waals surface area contributed by atoms with Gasteiger partial charge in [-0.25, -0.2) is 0 Å². The molecule has 176 valence electrons. The van der Waals surface area contributed by atoms with Crippen molar-refractivity contribution in [2.75, 3.05) is 13.7 Å². The Labute approximate surface area is 185 Å². The Hall–Kier alpha value is -0.746. The first kappa shape index (κ1) is 27.3. The van der Waals surface area contributed by atoms with E-state index in [1.165, 1.54) is 12.0 Å². The van der Waals surface area contributed by atoms with Crippen molar-refractivity contribution < 1.29 is 28.0 Å². The summed E-state index contributed by atoms with van der Waals surface area (Å²) in [5.74, 6) is -0.700. The second kappa shape index (κ2) is 9.40. The Morgan fingerprint density at radius 2 is 1.60 bits per heavy atom. The minimum atomic E-state index is -2.24. The summed E-state index contributed by atoms with van der Waals surface area (Å²) in [5.41, 5.74) is 0. The summed E-state index contributed by atoms with van der Waals surface area (Å²) >= 11 is 0. The molecule has 7 nitrogen and oxygen atoms in total. The van der Waals surface area contributed by atoms with Crippen LogP contribution in [0, 0.1) is 0 Å². The van der Waals surface area contributed by atoms with E-state index in [1.54, 1.807) is 7.05 Å². The van der Waals surface area contributed by atoms with Crippen molar-refractivity contribution in [1.29, 1.82) is 0 Å². The summed E-state index contributed by atoms with van der Waals surface area (Å²) in [5, 5.41) is 1.50. The van der Waals surface area contributed by atoms with Crippen LogP contribution in [0.1, 0.15) is 54.9 Å². The number of carbonyl (C=O) groups excluding carboxylic acids is 2. The monoisotopic (exact) mass is 461 g/mol. The summed E-state index contributed by atoms with van der Waals surface area (Å²) in [4.78, 5) is 29.2. The Kier molecular flexibility index (Phi) is 8.55. The Morgan fingerprint density at radius 3 is 1.97 bits per heavy atom. The Bertz CT molecular complexity index is 624. The lowest BCUT2D eigenvalue weighted by atomic mass is 10.0. The molecule has 3 atom stereocenters. The van der Waals surface area contributed by atoms with Crippen molar-refractivity contribution in [3.63, 3.8) is 0 Å². The zero-order valence-corrected chi connectivity index (χ0v) is 23.0. The molecule has 0 aliphatic carbocycles. The number of rotatable bonds is 8. The first-order chi connectivity index (χ1) is 13.3. The summed E-state index contributed by atoms with van der Waals surface area (Å²) in [6.07, 6.45) is -0.975. The quantitative estimate of drug-likeness (QED) is 0.389. The molecule has 0 spiro atoms. The highest BCUT2D eigenvalue weighted by Crippen LogP contribution is 2.40. The molecule has 1 fully saturated rings. The number of ether oxygens (including phenoxy) is 1. The van der Waals surface area contributed by atoms with Gasteiger partial charge in [-0.3, -0.25) is 9.59 Å². The van der Waals surface area contributed by atoms with Gasteiger partial charge in [0.1, 0.15) is 6.10 Å². The molecule has 1 aliphatic rings. The molecule has 0 N–H and O–H groups in total. The van der Waals surface area contributed by atoms with Crippen LogP contribution in [0.2, 0.25) is 36.3 Å². The highest BCUT2D eigenvalue weighted by atomic mass is 28.4. The van der Waals surface area contributed by atoms with Gasteiger partial charge in [0.25, 0.3) is 0 Å². The number of hydrogen-bond acceptors (Lipinski definition) is 7. The van der Waals surface area contributed by atoms with E-state index >= 15 is 0 Å². The van der Waals surface area contributed by atoms with E-state index in [2.05, 4.69) is 67.7 Å². The molecule has 1 saturated heterocycles. The normalized spacial score (nSPS) is 21.3. The smallest absolute Gasteiger partial charge is 0.326 e. The van der Waals surface area contributed by atoms with Gasteiger partial charge in [0.15, 0.2) is 22.7 Å². The maximum absolute atomic E-state index is 12.0. The lowest BCUT2D eigenvalue weighted by molar-refractivity contribution is -0.180. The molecule has 0 saturated carbocycles. The third kappa shape index (κ3) is 6.88. The summed E-state index contributed by atoms with van der Waals surface area (Å²) in [6.45, 7) is 23.2. The fraction of sp³-hybridized carbons (Fsp3) is 0.905. The summed E-state index contributed by atoms with van der Waals surface area (Å²) < 4.78 is 18.9. The number of nitrogens with zero attached hydrogens (tertiary/aromatic N) is 1. The van der Waals surface area contributed by atoms with Gasteiger partial charge < -0.3 is 18.4 Å². The number of carbonyl (C=O) groups is 2. The largest absolute Gasteiger partial charge is 0.457 e. The van der Waals surface area contributed by atoms with E-state index in [1.807, 2.05) is 0 Å². The molecule has 30 heavy (non-hydrogen) atoms. The third-order valence-corrected chi connectivity index (χ3v) is 15.8. The molecule has 1 rings (SSSR count). The molecule has 0 aromatic heterocycles. The first-order valence-electron chi connectivity index (χ1n) is 10.7. The van der Waals surface area contributed by atoms with Crippen molar-refractivity contribution in [3.05, 3.63) is 0 Å². The lowest BCUT2D eigenvalue weighted by Gasteiger charge is -2.44. The average Bonchev–Trinajstić information content (AvgIpc) is 2.85. The molecule has 0 aromatic rings. The number of hydrogen-bond donors (Lipinski definition) is 0. The highest BCUT2D eigenvalue weighted by Gasteiger charge is 2.49. The average molecular weight is 462 g/mol. The van der Waals surface area contributed by atoms with Gasteiger partial charge in [-0.1, -0.05) is 41.5 Å². The van der Waals surface area contributed by atoms with Crippen molar-refractivity contribution >= 4 is 28.6 Å². The molecule has 0 radical (unpaired) electrons. The second-order valence-electron chi connectivity index (χ2n) is 11.3. The molecule has 0 bridgehead atoms. The van der Waals surface area contributed by atoms with Crippen LogP contribution in [-0.4, -0.2) is 65.5 Å². The van der Waals surface area contributed by atoms with E-state index in [0.717, 1.165) is 0 Å². The first-order valence-corrected chi connectivity index (χ1v) is 16.5. The molecule has 0 unspecified atom stereocenters. The van der Waals surface area contributed by atoms with Crippen LogP contribution in [0.25, 0.3) is 0 Å². The van der Waals surface area contributed by atoms with E-state index in [4.69, 9.17) is 18.4 Å². The zero-order valence-electron chi connectivity index (χ0n) is 21.0. The van der Waals surface area contributed by atoms with Crippen LogP contribution < -0.4 is 0 Å². The molecule has 0 amide bonds. The topological polar surface area (TPSA) is 74.3 Å². The molecule has 9 heteroatoms. The van der Waals surface area contributed by atoms with Crippen LogP contribution in [0.4, 0.5) is 0 Å². The predicted octanol–water partition coefficient (Wildman–Crippen LogP) is 4.49. The van der Waals surface area contributed by atoms with Gasteiger partial charge in [-0.05, 0) is 36.3 Å². The number of hydroxylamine groups is 2. The maximum atomic E-state index is 12.0. The molecular weight excluding hydrogens is 418 g/mol. The molecule has 1 heterocycles. The Morgan fingerprint density at radius 1 is 1.10 bits per heavy atom. The van der Waals surface area contributed by atoms with Crippen molar-refractivity contribution in [1.82, 2.24) is 5.06 Å². The zero-order chi connectivity index (χ0) is 23.7. The van der Waals surface area contributed by atoms with Gasteiger partial charge in [0.05, 0.1) is 19.1 Å². The lowest BCUT2D eigenvalue weighted by Crippen LogP contribution is -2.56. The van der Waals surface area contributed by atoms with Crippen LogP contribution >= 0.6 is 0 Å². The van der Waals surface area contributed by atoms with Gasteiger partial charge in [-0.2, -0.15) is 0 Å². The molecular formula is C21H43NO6Si2.